The lowest BCUT2D eigenvalue weighted by molar-refractivity contribution is 0.258. The molecule has 1 aromatic heterocycles. The van der Waals surface area contributed by atoms with Crippen LogP contribution in [0.25, 0.3) is 0 Å². The van der Waals surface area contributed by atoms with Gasteiger partial charge in [0.2, 0.25) is 0 Å². The summed E-state index contributed by atoms with van der Waals surface area (Å²) in [4.78, 5) is 11.2. The second-order valence-corrected chi connectivity index (χ2v) is 8.32. The first-order valence-corrected chi connectivity index (χ1v) is 8.70. The molecule has 120 valence electrons. The van der Waals surface area contributed by atoms with Crippen molar-refractivity contribution < 1.29 is 0 Å². The Morgan fingerprint density at radius 2 is 2.10 bits per heavy atom. The molecule has 1 N–H and O–H groups in total. The standard InChI is InChI=1S/C16H30N4S/c1-16(2,3)14-13(10-17-4)21-15(18-14)20-9-7-8-12(11-20)19(5)6/h12,17H,7-11H2,1-6H3. The van der Waals surface area contributed by atoms with Crippen molar-refractivity contribution in [3.63, 3.8) is 0 Å². The van der Waals surface area contributed by atoms with Crippen molar-refractivity contribution in [2.45, 2.75) is 51.6 Å². The Hall–Kier alpha value is -0.650. The van der Waals surface area contributed by atoms with Crippen LogP contribution in [0.15, 0.2) is 0 Å². The van der Waals surface area contributed by atoms with E-state index in [4.69, 9.17) is 4.98 Å². The van der Waals surface area contributed by atoms with Crippen molar-refractivity contribution in [1.29, 1.82) is 0 Å². The number of piperidine rings is 1. The molecule has 1 saturated heterocycles. The Morgan fingerprint density at radius 1 is 1.38 bits per heavy atom. The number of hydrogen-bond donors (Lipinski definition) is 1. The van der Waals surface area contributed by atoms with Crippen molar-refractivity contribution in [3.8, 4) is 0 Å². The highest BCUT2D eigenvalue weighted by molar-refractivity contribution is 7.15. The molecule has 0 aromatic carbocycles. The fourth-order valence-corrected chi connectivity index (χ4v) is 4.21. The first kappa shape index (κ1) is 16.7. The average Bonchev–Trinajstić information content (AvgIpc) is 2.83. The number of aromatic nitrogens is 1. The molecule has 21 heavy (non-hydrogen) atoms. The summed E-state index contributed by atoms with van der Waals surface area (Å²) in [5.74, 6) is 0. The summed E-state index contributed by atoms with van der Waals surface area (Å²) in [6.07, 6.45) is 2.55. The van der Waals surface area contributed by atoms with Crippen LogP contribution in [0.1, 0.15) is 44.2 Å². The van der Waals surface area contributed by atoms with E-state index in [0.29, 0.717) is 6.04 Å². The van der Waals surface area contributed by atoms with Gasteiger partial charge in [-0.2, -0.15) is 0 Å². The zero-order valence-electron chi connectivity index (χ0n) is 14.4. The highest BCUT2D eigenvalue weighted by atomic mass is 32.1. The molecule has 1 atom stereocenters. The van der Waals surface area contributed by atoms with E-state index in [1.165, 1.54) is 28.5 Å². The molecule has 1 fully saturated rings. The summed E-state index contributed by atoms with van der Waals surface area (Å²) in [7, 11) is 6.38. The fourth-order valence-electron chi connectivity index (χ4n) is 2.89. The maximum absolute atomic E-state index is 5.00. The second kappa shape index (κ2) is 6.63. The Morgan fingerprint density at radius 3 is 2.67 bits per heavy atom. The summed E-state index contributed by atoms with van der Waals surface area (Å²) in [6, 6.07) is 0.647. The number of rotatable bonds is 4. The van der Waals surface area contributed by atoms with Gasteiger partial charge in [0.05, 0.1) is 5.69 Å². The minimum atomic E-state index is 0.109. The van der Waals surface area contributed by atoms with E-state index in [-0.39, 0.29) is 5.41 Å². The number of nitrogens with one attached hydrogen (secondary N) is 1. The number of likely N-dealkylation sites (N-methyl/N-ethyl adjacent to an activating group) is 1. The molecule has 1 unspecified atom stereocenters. The number of thiazole rings is 1. The summed E-state index contributed by atoms with van der Waals surface area (Å²) in [5.41, 5.74) is 1.36. The van der Waals surface area contributed by atoms with Crippen LogP contribution in [0.5, 0.6) is 0 Å². The molecule has 4 nitrogen and oxygen atoms in total. The molecule has 0 radical (unpaired) electrons. The van der Waals surface area contributed by atoms with E-state index < -0.39 is 0 Å². The van der Waals surface area contributed by atoms with Gasteiger partial charge in [-0.15, -0.1) is 11.3 Å². The third kappa shape index (κ3) is 3.96. The van der Waals surface area contributed by atoms with Gasteiger partial charge in [0.25, 0.3) is 0 Å². The summed E-state index contributed by atoms with van der Waals surface area (Å²) in [6.45, 7) is 9.91. The predicted molar refractivity (Wildman–Crippen MR) is 92.5 cm³/mol. The Bertz CT molecular complexity index is 461. The largest absolute Gasteiger partial charge is 0.347 e. The van der Waals surface area contributed by atoms with E-state index in [9.17, 15) is 0 Å². The van der Waals surface area contributed by atoms with E-state index in [2.05, 4.69) is 50.0 Å². The van der Waals surface area contributed by atoms with Crippen LogP contribution in [0.3, 0.4) is 0 Å². The van der Waals surface area contributed by atoms with Crippen molar-refractivity contribution >= 4 is 16.5 Å². The van der Waals surface area contributed by atoms with E-state index >= 15 is 0 Å². The molecule has 0 aliphatic carbocycles. The lowest BCUT2D eigenvalue weighted by Gasteiger charge is -2.36. The summed E-state index contributed by atoms with van der Waals surface area (Å²) in [5, 5.41) is 4.49. The smallest absolute Gasteiger partial charge is 0.185 e. The predicted octanol–water partition coefficient (Wildman–Crippen LogP) is 2.69. The molecule has 1 aliphatic rings. The normalized spacial score (nSPS) is 20.3. The number of nitrogens with zero attached hydrogens (tertiary/aromatic N) is 3. The van der Waals surface area contributed by atoms with Crippen molar-refractivity contribution in [3.05, 3.63) is 10.6 Å². The second-order valence-electron chi connectivity index (χ2n) is 7.25. The highest BCUT2D eigenvalue weighted by Gasteiger charge is 2.27. The zero-order chi connectivity index (χ0) is 15.6. The quantitative estimate of drug-likeness (QED) is 0.926. The lowest BCUT2D eigenvalue weighted by atomic mass is 9.91. The molecule has 2 rings (SSSR count). The lowest BCUT2D eigenvalue weighted by Crippen LogP contribution is -2.45. The third-order valence-corrected chi connectivity index (χ3v) is 5.25. The Labute approximate surface area is 133 Å². The molecular formula is C16H30N4S. The maximum Gasteiger partial charge on any atom is 0.185 e. The van der Waals surface area contributed by atoms with Gasteiger partial charge < -0.3 is 15.1 Å². The van der Waals surface area contributed by atoms with Crippen LogP contribution in [-0.4, -0.2) is 50.2 Å². The molecule has 5 heteroatoms. The number of anilines is 1. The fraction of sp³-hybridized carbons (Fsp3) is 0.812. The SMILES string of the molecule is CNCc1sc(N2CCCC(N(C)C)C2)nc1C(C)(C)C. The van der Waals surface area contributed by atoms with Crippen LogP contribution in [0, 0.1) is 0 Å². The van der Waals surface area contributed by atoms with Gasteiger partial charge >= 0.3 is 0 Å². The van der Waals surface area contributed by atoms with E-state index in [1.54, 1.807) is 0 Å². The number of hydrogen-bond acceptors (Lipinski definition) is 5. The van der Waals surface area contributed by atoms with Crippen LogP contribution < -0.4 is 10.2 Å². The van der Waals surface area contributed by atoms with Crippen LogP contribution in [-0.2, 0) is 12.0 Å². The molecule has 0 saturated carbocycles. The monoisotopic (exact) mass is 310 g/mol. The van der Waals surface area contributed by atoms with Gasteiger partial charge in [0.1, 0.15) is 0 Å². The summed E-state index contributed by atoms with van der Waals surface area (Å²) < 4.78 is 0. The van der Waals surface area contributed by atoms with Gasteiger partial charge in [-0.25, -0.2) is 4.98 Å². The summed E-state index contributed by atoms with van der Waals surface area (Å²) >= 11 is 1.87. The molecule has 1 aliphatic heterocycles. The average molecular weight is 311 g/mol. The third-order valence-electron chi connectivity index (χ3n) is 4.13. The maximum atomic E-state index is 5.00. The molecular weight excluding hydrogens is 280 g/mol. The first-order valence-electron chi connectivity index (χ1n) is 7.89. The first-order chi connectivity index (χ1) is 9.82. The molecule has 0 bridgehead atoms. The molecule has 1 aromatic rings. The highest BCUT2D eigenvalue weighted by Crippen LogP contribution is 2.35. The molecule has 0 spiro atoms. The Balaban J connectivity index is 2.23. The van der Waals surface area contributed by atoms with Crippen LogP contribution in [0.4, 0.5) is 5.13 Å². The van der Waals surface area contributed by atoms with Crippen LogP contribution in [0.2, 0.25) is 0 Å². The van der Waals surface area contributed by atoms with Crippen molar-refractivity contribution in [2.75, 3.05) is 39.1 Å². The van der Waals surface area contributed by atoms with Gasteiger partial charge in [-0.1, -0.05) is 20.8 Å². The van der Waals surface area contributed by atoms with Gasteiger partial charge in [0.15, 0.2) is 5.13 Å². The van der Waals surface area contributed by atoms with E-state index in [1.807, 2.05) is 18.4 Å². The minimum absolute atomic E-state index is 0.109. The topological polar surface area (TPSA) is 31.4 Å². The van der Waals surface area contributed by atoms with Crippen molar-refractivity contribution in [2.24, 2.45) is 0 Å². The zero-order valence-corrected chi connectivity index (χ0v) is 15.2. The molecule has 0 amide bonds. The van der Waals surface area contributed by atoms with Gasteiger partial charge in [-0.3, -0.25) is 0 Å². The molecule has 2 heterocycles. The van der Waals surface area contributed by atoms with Crippen LogP contribution >= 0.6 is 11.3 Å². The van der Waals surface area contributed by atoms with E-state index in [0.717, 1.165) is 19.6 Å². The van der Waals surface area contributed by atoms with Crippen molar-refractivity contribution in [1.82, 2.24) is 15.2 Å². The van der Waals surface area contributed by atoms with Gasteiger partial charge in [0, 0.05) is 36.0 Å². The Kier molecular flexibility index (Phi) is 5.28. The minimum Gasteiger partial charge on any atom is -0.347 e. The van der Waals surface area contributed by atoms with Gasteiger partial charge in [-0.05, 0) is 34.0 Å².